The second-order valence-corrected chi connectivity index (χ2v) is 9.21. The average molecular weight is 458 g/mol. The van der Waals surface area contributed by atoms with E-state index in [1.54, 1.807) is 24.3 Å². The van der Waals surface area contributed by atoms with Crippen LogP contribution < -0.4 is 5.48 Å². The predicted octanol–water partition coefficient (Wildman–Crippen LogP) is 5.54. The molecule has 0 spiro atoms. The molecule has 7 nitrogen and oxygen atoms in total. The molecule has 4 aromatic rings. The van der Waals surface area contributed by atoms with Gasteiger partial charge in [0.15, 0.2) is 0 Å². The predicted molar refractivity (Wildman–Crippen MR) is 120 cm³/mol. The minimum atomic E-state index is -4.43. The smallest absolute Gasteiger partial charge is 0.295 e. The zero-order valence-electron chi connectivity index (χ0n) is 16.6. The van der Waals surface area contributed by atoms with Crippen molar-refractivity contribution < 1.29 is 27.4 Å². The number of anilines is 1. The third-order valence-corrected chi connectivity index (χ3v) is 6.49. The second-order valence-electron chi connectivity index (χ2n) is 7.05. The SMILES string of the molecule is Cc1c(O)ccc2ccc(SOONc3cc(S(=O)(=O)O)c4cccc(C)c4c3)cc12. The third kappa shape index (κ3) is 4.46. The Balaban J connectivity index is 1.51. The van der Waals surface area contributed by atoms with Crippen molar-refractivity contribution in [1.82, 2.24) is 0 Å². The van der Waals surface area contributed by atoms with E-state index < -0.39 is 10.1 Å². The summed E-state index contributed by atoms with van der Waals surface area (Å²) < 4.78 is 38.4. The van der Waals surface area contributed by atoms with Crippen LogP contribution >= 0.6 is 12.0 Å². The number of fused-ring (bicyclic) bond motifs is 2. The Morgan fingerprint density at radius 2 is 1.71 bits per heavy atom. The molecule has 0 aromatic heterocycles. The molecule has 3 N–H and O–H groups in total. The lowest BCUT2D eigenvalue weighted by molar-refractivity contribution is -0.161. The molecular formula is C22H19NO6S2. The van der Waals surface area contributed by atoms with Crippen LogP contribution in [0.1, 0.15) is 11.1 Å². The zero-order valence-corrected chi connectivity index (χ0v) is 18.3. The molecule has 4 rings (SSSR count). The molecule has 0 bridgehead atoms. The van der Waals surface area contributed by atoms with Gasteiger partial charge in [-0.3, -0.25) is 4.55 Å². The lowest BCUT2D eigenvalue weighted by Gasteiger charge is -2.11. The van der Waals surface area contributed by atoms with E-state index >= 15 is 0 Å². The summed E-state index contributed by atoms with van der Waals surface area (Å²) in [6.07, 6.45) is 0. The minimum absolute atomic E-state index is 0.217. The summed E-state index contributed by atoms with van der Waals surface area (Å²) in [6, 6.07) is 17.3. The van der Waals surface area contributed by atoms with Crippen molar-refractivity contribution in [3.8, 4) is 5.75 Å². The van der Waals surface area contributed by atoms with Gasteiger partial charge in [-0.2, -0.15) is 8.42 Å². The molecule has 31 heavy (non-hydrogen) atoms. The number of aryl methyl sites for hydroxylation is 2. The van der Waals surface area contributed by atoms with Gasteiger partial charge in [-0.05, 0) is 71.5 Å². The number of phenols is 1. The maximum atomic E-state index is 11.8. The van der Waals surface area contributed by atoms with Crippen LogP contribution in [-0.4, -0.2) is 18.1 Å². The molecule has 9 heteroatoms. The highest BCUT2D eigenvalue weighted by Crippen LogP contribution is 2.32. The van der Waals surface area contributed by atoms with Crippen LogP contribution in [0.2, 0.25) is 0 Å². The van der Waals surface area contributed by atoms with Gasteiger partial charge < -0.3 is 5.11 Å². The third-order valence-electron chi connectivity index (χ3n) is 5.01. The van der Waals surface area contributed by atoms with Crippen molar-refractivity contribution in [2.24, 2.45) is 0 Å². The fourth-order valence-corrected chi connectivity index (χ4v) is 4.55. The molecular weight excluding hydrogens is 438 g/mol. The van der Waals surface area contributed by atoms with E-state index in [9.17, 15) is 18.1 Å². The summed E-state index contributed by atoms with van der Waals surface area (Å²) >= 11 is 0.952. The van der Waals surface area contributed by atoms with Crippen molar-refractivity contribution in [2.45, 2.75) is 23.6 Å². The Hall–Kier alpha value is -2.82. The molecule has 4 aromatic carbocycles. The molecule has 0 aliphatic rings. The molecule has 0 fully saturated rings. The van der Waals surface area contributed by atoms with E-state index in [1.807, 2.05) is 44.2 Å². The Kier molecular flexibility index (Phi) is 5.78. The summed E-state index contributed by atoms with van der Waals surface area (Å²) in [6.45, 7) is 3.67. The summed E-state index contributed by atoms with van der Waals surface area (Å²) in [5.74, 6) is 0.217. The van der Waals surface area contributed by atoms with E-state index in [0.29, 0.717) is 16.5 Å². The summed E-state index contributed by atoms with van der Waals surface area (Å²) in [5, 5.41) is 12.8. The second kappa shape index (κ2) is 8.37. The minimum Gasteiger partial charge on any atom is -0.508 e. The van der Waals surface area contributed by atoms with Crippen molar-refractivity contribution in [3.63, 3.8) is 0 Å². The largest absolute Gasteiger partial charge is 0.508 e. The number of phenolic OH excluding ortho intramolecular Hbond substituents is 1. The lowest BCUT2D eigenvalue weighted by Crippen LogP contribution is -2.04. The van der Waals surface area contributed by atoms with E-state index in [0.717, 1.165) is 38.8 Å². The van der Waals surface area contributed by atoms with E-state index in [2.05, 4.69) is 5.48 Å². The van der Waals surface area contributed by atoms with Gasteiger partial charge in [-0.25, -0.2) is 5.48 Å². The fraction of sp³-hybridized carbons (Fsp3) is 0.0909. The number of hydrogen-bond donors (Lipinski definition) is 3. The summed E-state index contributed by atoms with van der Waals surface area (Å²) in [7, 11) is -4.43. The first kappa shape index (κ1) is 21.4. The van der Waals surface area contributed by atoms with Gasteiger partial charge in [0.2, 0.25) is 0 Å². The summed E-state index contributed by atoms with van der Waals surface area (Å²) in [5.41, 5.74) is 4.46. The van der Waals surface area contributed by atoms with Crippen molar-refractivity contribution >= 4 is 49.4 Å². The molecule has 0 atom stereocenters. The monoisotopic (exact) mass is 457 g/mol. The number of nitrogens with one attached hydrogen (secondary N) is 1. The van der Waals surface area contributed by atoms with Crippen molar-refractivity contribution in [3.05, 3.63) is 71.8 Å². The van der Waals surface area contributed by atoms with Crippen molar-refractivity contribution in [2.75, 3.05) is 5.48 Å². The number of benzene rings is 4. The Morgan fingerprint density at radius 3 is 2.48 bits per heavy atom. The first-order chi connectivity index (χ1) is 14.7. The van der Waals surface area contributed by atoms with Crippen LogP contribution in [0.25, 0.3) is 21.5 Å². The van der Waals surface area contributed by atoms with Crippen molar-refractivity contribution in [1.29, 1.82) is 0 Å². The van der Waals surface area contributed by atoms with Gasteiger partial charge >= 0.3 is 0 Å². The van der Waals surface area contributed by atoms with Crippen LogP contribution in [0.5, 0.6) is 5.75 Å². The average Bonchev–Trinajstić information content (AvgIpc) is 2.73. The maximum absolute atomic E-state index is 11.8. The molecule has 0 radical (unpaired) electrons. The molecule has 0 aliphatic heterocycles. The zero-order chi connectivity index (χ0) is 22.2. The van der Waals surface area contributed by atoms with Gasteiger partial charge in [-0.1, -0.05) is 30.3 Å². The summed E-state index contributed by atoms with van der Waals surface area (Å²) in [4.78, 5) is 5.55. The Bertz CT molecular complexity index is 1400. The van der Waals surface area contributed by atoms with Gasteiger partial charge in [0, 0.05) is 10.3 Å². The van der Waals surface area contributed by atoms with Gasteiger partial charge in [0.1, 0.15) is 10.6 Å². The standard InChI is InChI=1S/C22H19NO6S2/c1-13-4-3-5-18-19(13)10-16(11-22(18)31(25,26)27)23-28-29-30-17-8-6-15-7-9-21(24)14(2)20(15)12-17/h3-12,23-24H,1-2H3,(H,25,26,27). The van der Waals surface area contributed by atoms with E-state index in [4.69, 9.17) is 9.32 Å². The Labute approximate surface area is 183 Å². The molecule has 0 unspecified atom stereocenters. The number of aromatic hydroxyl groups is 1. The Morgan fingerprint density at radius 1 is 0.935 bits per heavy atom. The van der Waals surface area contributed by atoms with E-state index in [1.165, 1.54) is 6.07 Å². The first-order valence-electron chi connectivity index (χ1n) is 9.23. The molecule has 0 heterocycles. The highest BCUT2D eigenvalue weighted by Gasteiger charge is 2.16. The molecule has 0 saturated heterocycles. The van der Waals surface area contributed by atoms with Gasteiger partial charge in [0.05, 0.1) is 17.7 Å². The normalized spacial score (nSPS) is 11.8. The van der Waals surface area contributed by atoms with Crippen LogP contribution in [-0.2, 0) is 19.4 Å². The first-order valence-corrected chi connectivity index (χ1v) is 11.4. The highest BCUT2D eigenvalue weighted by atomic mass is 32.2. The van der Waals surface area contributed by atoms with E-state index in [-0.39, 0.29) is 10.6 Å². The fourth-order valence-electron chi connectivity index (χ4n) is 3.39. The quantitative estimate of drug-likeness (QED) is 0.114. The van der Waals surface area contributed by atoms with Crippen LogP contribution in [0.15, 0.2) is 70.5 Å². The molecule has 0 amide bonds. The molecule has 0 saturated carbocycles. The van der Waals surface area contributed by atoms with Crippen LogP contribution in [0.4, 0.5) is 5.69 Å². The maximum Gasteiger partial charge on any atom is 0.295 e. The van der Waals surface area contributed by atoms with Gasteiger partial charge in [-0.15, -0.1) is 9.32 Å². The lowest BCUT2D eigenvalue weighted by atomic mass is 10.1. The molecule has 0 aliphatic carbocycles. The van der Waals surface area contributed by atoms with Crippen LogP contribution in [0.3, 0.4) is 0 Å². The molecule has 160 valence electrons. The number of rotatable bonds is 6. The highest BCUT2D eigenvalue weighted by molar-refractivity contribution is 7.94. The topological polar surface area (TPSA) is 105 Å². The van der Waals surface area contributed by atoms with Gasteiger partial charge in [0.25, 0.3) is 10.1 Å². The van der Waals surface area contributed by atoms with Crippen LogP contribution in [0, 0.1) is 13.8 Å². The number of hydrogen-bond acceptors (Lipinski definition) is 7.